The smallest absolute Gasteiger partial charge is 0.338 e. The van der Waals surface area contributed by atoms with Gasteiger partial charge in [0, 0.05) is 6.54 Å². The number of carbonyl (C=O) groups is 1. The Kier molecular flexibility index (Phi) is 4.64. The summed E-state index contributed by atoms with van der Waals surface area (Å²) in [6.45, 7) is 2.50. The molecule has 0 heterocycles. The highest BCUT2D eigenvalue weighted by molar-refractivity contribution is 6.33. The summed E-state index contributed by atoms with van der Waals surface area (Å²) >= 11 is 6.17. The zero-order chi connectivity index (χ0) is 14.5. The maximum atomic E-state index is 11.7. The fourth-order valence-corrected chi connectivity index (χ4v) is 2.31. The van der Waals surface area contributed by atoms with Crippen molar-refractivity contribution in [3.05, 3.63) is 64.2 Å². The summed E-state index contributed by atoms with van der Waals surface area (Å²) in [7, 11) is 1.38. The van der Waals surface area contributed by atoms with E-state index in [-0.39, 0.29) is 5.97 Å². The van der Waals surface area contributed by atoms with E-state index in [2.05, 4.69) is 5.32 Å². The van der Waals surface area contributed by atoms with Gasteiger partial charge in [-0.2, -0.15) is 0 Å². The van der Waals surface area contributed by atoms with Crippen LogP contribution in [0.3, 0.4) is 0 Å². The lowest BCUT2D eigenvalue weighted by Crippen LogP contribution is -2.09. The summed E-state index contributed by atoms with van der Waals surface area (Å²) in [5.41, 5.74) is 3.38. The number of nitrogens with one attached hydrogen (secondary N) is 1. The molecular weight excluding hydrogens is 274 g/mol. The van der Waals surface area contributed by atoms with Gasteiger partial charge in [-0.3, -0.25) is 0 Å². The van der Waals surface area contributed by atoms with E-state index in [1.807, 2.05) is 43.3 Å². The van der Waals surface area contributed by atoms with Crippen LogP contribution in [0.25, 0.3) is 0 Å². The molecule has 2 rings (SSSR count). The van der Waals surface area contributed by atoms with E-state index in [0.717, 1.165) is 16.8 Å². The minimum atomic E-state index is -0.335. The third-order valence-electron chi connectivity index (χ3n) is 3.10. The average molecular weight is 290 g/mol. The Bertz CT molecular complexity index is 605. The van der Waals surface area contributed by atoms with Crippen molar-refractivity contribution in [2.75, 3.05) is 12.4 Å². The maximum Gasteiger partial charge on any atom is 0.338 e. The number of benzene rings is 2. The standard InChI is InChI=1S/C16H16ClNO2/c1-11-6-5-9-14(17)15(11)18-10-12-7-3-4-8-13(12)16(19)20-2/h3-9,18H,10H2,1-2H3. The van der Waals surface area contributed by atoms with Gasteiger partial charge in [0.05, 0.1) is 23.4 Å². The van der Waals surface area contributed by atoms with Gasteiger partial charge in [-0.15, -0.1) is 0 Å². The van der Waals surface area contributed by atoms with Crippen LogP contribution in [-0.4, -0.2) is 13.1 Å². The minimum absolute atomic E-state index is 0.335. The van der Waals surface area contributed by atoms with Crippen LogP contribution in [-0.2, 0) is 11.3 Å². The zero-order valence-corrected chi connectivity index (χ0v) is 12.2. The fraction of sp³-hybridized carbons (Fsp3) is 0.188. The molecule has 0 spiro atoms. The Balaban J connectivity index is 2.21. The summed E-state index contributed by atoms with van der Waals surface area (Å²) in [5.74, 6) is -0.335. The predicted molar refractivity (Wildman–Crippen MR) is 81.3 cm³/mol. The van der Waals surface area contributed by atoms with Gasteiger partial charge in [-0.25, -0.2) is 4.79 Å². The number of anilines is 1. The second-order valence-electron chi connectivity index (χ2n) is 4.43. The first kappa shape index (κ1) is 14.4. The fourth-order valence-electron chi connectivity index (χ4n) is 2.02. The predicted octanol–water partition coefficient (Wildman–Crippen LogP) is 4.05. The largest absolute Gasteiger partial charge is 0.465 e. The molecule has 3 nitrogen and oxygen atoms in total. The van der Waals surface area contributed by atoms with Gasteiger partial charge in [0.25, 0.3) is 0 Å². The van der Waals surface area contributed by atoms with Crippen molar-refractivity contribution in [2.45, 2.75) is 13.5 Å². The molecule has 0 bridgehead atoms. The van der Waals surface area contributed by atoms with Crippen molar-refractivity contribution in [1.82, 2.24) is 0 Å². The highest BCUT2D eigenvalue weighted by Crippen LogP contribution is 2.26. The third-order valence-corrected chi connectivity index (χ3v) is 3.42. The number of hydrogen-bond donors (Lipinski definition) is 1. The monoisotopic (exact) mass is 289 g/mol. The van der Waals surface area contributed by atoms with Crippen LogP contribution in [0.15, 0.2) is 42.5 Å². The first-order valence-corrected chi connectivity index (χ1v) is 6.66. The number of hydrogen-bond acceptors (Lipinski definition) is 3. The number of rotatable bonds is 4. The van der Waals surface area contributed by atoms with Crippen LogP contribution in [0.5, 0.6) is 0 Å². The highest BCUT2D eigenvalue weighted by Gasteiger charge is 2.11. The van der Waals surface area contributed by atoms with Crippen LogP contribution in [0.2, 0.25) is 5.02 Å². The summed E-state index contributed by atoms with van der Waals surface area (Å²) in [6.07, 6.45) is 0. The number of aryl methyl sites for hydroxylation is 1. The molecule has 2 aromatic carbocycles. The van der Waals surface area contributed by atoms with E-state index in [1.165, 1.54) is 7.11 Å². The molecule has 20 heavy (non-hydrogen) atoms. The van der Waals surface area contributed by atoms with Crippen molar-refractivity contribution < 1.29 is 9.53 Å². The van der Waals surface area contributed by atoms with Gasteiger partial charge in [-0.05, 0) is 30.2 Å². The van der Waals surface area contributed by atoms with Crippen LogP contribution in [0, 0.1) is 6.92 Å². The van der Waals surface area contributed by atoms with E-state index in [4.69, 9.17) is 16.3 Å². The number of carbonyl (C=O) groups excluding carboxylic acids is 1. The van der Waals surface area contributed by atoms with Crippen LogP contribution >= 0.6 is 11.6 Å². The van der Waals surface area contributed by atoms with Crippen molar-refractivity contribution in [1.29, 1.82) is 0 Å². The van der Waals surface area contributed by atoms with Gasteiger partial charge >= 0.3 is 5.97 Å². The molecule has 0 aliphatic heterocycles. The topological polar surface area (TPSA) is 38.3 Å². The zero-order valence-electron chi connectivity index (χ0n) is 11.4. The first-order chi connectivity index (χ1) is 9.63. The van der Waals surface area contributed by atoms with Gasteiger partial charge in [0.1, 0.15) is 0 Å². The molecule has 0 aliphatic carbocycles. The summed E-state index contributed by atoms with van der Waals surface area (Å²) in [6, 6.07) is 13.1. The number of methoxy groups -OCH3 is 1. The molecule has 0 unspecified atom stereocenters. The second-order valence-corrected chi connectivity index (χ2v) is 4.84. The van der Waals surface area contributed by atoms with Gasteiger partial charge in [0.2, 0.25) is 0 Å². The molecule has 0 atom stereocenters. The van der Waals surface area contributed by atoms with Gasteiger partial charge in [-0.1, -0.05) is 41.9 Å². The molecule has 104 valence electrons. The number of para-hydroxylation sites is 1. The molecule has 0 fully saturated rings. The SMILES string of the molecule is COC(=O)c1ccccc1CNc1c(C)cccc1Cl. The van der Waals surface area contributed by atoms with E-state index in [1.54, 1.807) is 6.07 Å². The van der Waals surface area contributed by atoms with E-state index in [0.29, 0.717) is 17.1 Å². The van der Waals surface area contributed by atoms with E-state index < -0.39 is 0 Å². The third kappa shape index (κ3) is 3.11. The van der Waals surface area contributed by atoms with Crippen molar-refractivity contribution in [3.8, 4) is 0 Å². The molecule has 0 aromatic heterocycles. The maximum absolute atomic E-state index is 11.7. The highest BCUT2D eigenvalue weighted by atomic mass is 35.5. The summed E-state index contributed by atoms with van der Waals surface area (Å²) < 4.78 is 4.78. The molecular formula is C16H16ClNO2. The average Bonchev–Trinajstić information content (AvgIpc) is 2.46. The lowest BCUT2D eigenvalue weighted by molar-refractivity contribution is 0.0599. The Labute approximate surface area is 123 Å². The number of halogens is 1. The number of ether oxygens (including phenoxy) is 1. The van der Waals surface area contributed by atoms with Crippen LogP contribution < -0.4 is 5.32 Å². The van der Waals surface area contributed by atoms with Crippen molar-refractivity contribution in [3.63, 3.8) is 0 Å². The van der Waals surface area contributed by atoms with E-state index in [9.17, 15) is 4.79 Å². The normalized spacial score (nSPS) is 10.2. The van der Waals surface area contributed by atoms with Crippen LogP contribution in [0.1, 0.15) is 21.5 Å². The molecule has 0 radical (unpaired) electrons. The lowest BCUT2D eigenvalue weighted by Gasteiger charge is -2.13. The Hall–Kier alpha value is -2.00. The summed E-state index contributed by atoms with van der Waals surface area (Å²) in [5, 5.41) is 3.94. The lowest BCUT2D eigenvalue weighted by atomic mass is 10.1. The second kappa shape index (κ2) is 6.44. The van der Waals surface area contributed by atoms with Gasteiger partial charge < -0.3 is 10.1 Å². The molecule has 0 aliphatic rings. The Morgan fingerprint density at radius 2 is 1.95 bits per heavy atom. The molecule has 0 amide bonds. The van der Waals surface area contributed by atoms with Crippen molar-refractivity contribution in [2.24, 2.45) is 0 Å². The summed E-state index contributed by atoms with van der Waals surface area (Å²) in [4.78, 5) is 11.7. The van der Waals surface area contributed by atoms with Crippen molar-refractivity contribution >= 4 is 23.3 Å². The number of esters is 1. The molecule has 1 N–H and O–H groups in total. The van der Waals surface area contributed by atoms with Gasteiger partial charge in [0.15, 0.2) is 0 Å². The van der Waals surface area contributed by atoms with Crippen LogP contribution in [0.4, 0.5) is 5.69 Å². The minimum Gasteiger partial charge on any atom is -0.465 e. The molecule has 2 aromatic rings. The van der Waals surface area contributed by atoms with E-state index >= 15 is 0 Å². The first-order valence-electron chi connectivity index (χ1n) is 6.28. The Morgan fingerprint density at radius 3 is 2.65 bits per heavy atom. The molecule has 0 saturated heterocycles. The molecule has 0 saturated carbocycles. The molecule has 4 heteroatoms. The Morgan fingerprint density at radius 1 is 1.20 bits per heavy atom. The quantitative estimate of drug-likeness (QED) is 0.863.